The molecule has 0 saturated heterocycles. The zero-order valence-electron chi connectivity index (χ0n) is 12.7. The van der Waals surface area contributed by atoms with Crippen molar-refractivity contribution in [3.8, 4) is 0 Å². The molecule has 3 nitrogen and oxygen atoms in total. The monoisotopic (exact) mass is 281 g/mol. The number of aryl methyl sites for hydroxylation is 1. The fraction of sp³-hybridized carbons (Fsp3) is 0.867. The lowest BCUT2D eigenvalue weighted by molar-refractivity contribution is 0.153. The molecule has 0 bridgehead atoms. The first-order valence-electron chi connectivity index (χ1n) is 7.55. The van der Waals surface area contributed by atoms with Crippen LogP contribution in [0.2, 0.25) is 0 Å². The van der Waals surface area contributed by atoms with Crippen LogP contribution in [0.5, 0.6) is 0 Å². The molecule has 1 aliphatic rings. The van der Waals surface area contributed by atoms with E-state index in [9.17, 15) is 0 Å². The summed E-state index contributed by atoms with van der Waals surface area (Å²) < 4.78 is 0. The molecule has 1 N–H and O–H groups in total. The summed E-state index contributed by atoms with van der Waals surface area (Å²) >= 11 is 1.69. The average molecular weight is 281 g/mol. The highest BCUT2D eigenvalue weighted by atomic mass is 32.1. The topological polar surface area (TPSA) is 37.8 Å². The van der Waals surface area contributed by atoms with Crippen molar-refractivity contribution in [3.63, 3.8) is 0 Å². The molecule has 0 radical (unpaired) electrons. The van der Waals surface area contributed by atoms with Gasteiger partial charge in [0, 0.05) is 6.54 Å². The molecule has 19 heavy (non-hydrogen) atoms. The summed E-state index contributed by atoms with van der Waals surface area (Å²) in [6.45, 7) is 10.3. The maximum Gasteiger partial charge on any atom is 0.205 e. The minimum absolute atomic E-state index is 0.480. The summed E-state index contributed by atoms with van der Waals surface area (Å²) in [5.74, 6) is 1.71. The zero-order chi connectivity index (χ0) is 13.9. The summed E-state index contributed by atoms with van der Waals surface area (Å²) in [6.07, 6.45) is 6.46. The van der Waals surface area contributed by atoms with Crippen molar-refractivity contribution in [2.24, 2.45) is 17.3 Å². The van der Waals surface area contributed by atoms with E-state index in [4.69, 9.17) is 0 Å². The molecule has 1 aromatic rings. The summed E-state index contributed by atoms with van der Waals surface area (Å²) in [7, 11) is 0. The first-order chi connectivity index (χ1) is 8.99. The summed E-state index contributed by atoms with van der Waals surface area (Å²) in [6, 6.07) is 0. The lowest BCUT2D eigenvalue weighted by Gasteiger charge is -2.37. The van der Waals surface area contributed by atoms with E-state index in [1.807, 2.05) is 0 Å². The van der Waals surface area contributed by atoms with Crippen molar-refractivity contribution < 1.29 is 0 Å². The number of aromatic nitrogens is 2. The van der Waals surface area contributed by atoms with E-state index in [1.165, 1.54) is 25.7 Å². The number of hydrogen-bond donors (Lipinski definition) is 1. The Hall–Kier alpha value is -0.640. The SMILES string of the molecule is CCc1nnc(NCC2CCC(C(C)(C)C)CC2)s1. The lowest BCUT2D eigenvalue weighted by Crippen LogP contribution is -2.28. The lowest BCUT2D eigenvalue weighted by atomic mass is 9.70. The van der Waals surface area contributed by atoms with Crippen LogP contribution in [-0.4, -0.2) is 16.7 Å². The van der Waals surface area contributed by atoms with Crippen molar-refractivity contribution in [1.82, 2.24) is 10.2 Å². The molecule has 0 amide bonds. The van der Waals surface area contributed by atoms with Gasteiger partial charge in [0.15, 0.2) is 0 Å². The number of nitrogens with zero attached hydrogens (tertiary/aromatic N) is 2. The van der Waals surface area contributed by atoms with E-state index in [1.54, 1.807) is 11.3 Å². The second kappa shape index (κ2) is 6.21. The molecule has 1 heterocycles. The Bertz CT molecular complexity index is 386. The zero-order valence-corrected chi connectivity index (χ0v) is 13.5. The predicted molar refractivity (Wildman–Crippen MR) is 82.7 cm³/mol. The molecule has 1 fully saturated rings. The molecule has 1 saturated carbocycles. The molecule has 108 valence electrons. The highest BCUT2D eigenvalue weighted by molar-refractivity contribution is 7.15. The number of nitrogens with one attached hydrogen (secondary N) is 1. The van der Waals surface area contributed by atoms with Gasteiger partial charge in [-0.1, -0.05) is 39.0 Å². The molecule has 1 aliphatic carbocycles. The van der Waals surface area contributed by atoms with Crippen LogP contribution in [-0.2, 0) is 6.42 Å². The van der Waals surface area contributed by atoms with E-state index >= 15 is 0 Å². The molecule has 0 unspecified atom stereocenters. The minimum Gasteiger partial charge on any atom is -0.360 e. The second-order valence-corrected chi connectivity index (χ2v) is 7.88. The largest absolute Gasteiger partial charge is 0.360 e. The molecular weight excluding hydrogens is 254 g/mol. The third-order valence-electron chi connectivity index (χ3n) is 4.38. The number of anilines is 1. The predicted octanol–water partition coefficient (Wildman–Crippen LogP) is 4.36. The van der Waals surface area contributed by atoms with Crippen LogP contribution in [0.15, 0.2) is 0 Å². The third kappa shape index (κ3) is 4.16. The van der Waals surface area contributed by atoms with Crippen LogP contribution in [0.3, 0.4) is 0 Å². The van der Waals surface area contributed by atoms with E-state index in [2.05, 4.69) is 43.2 Å². The Labute approximate surface area is 121 Å². The van der Waals surface area contributed by atoms with Gasteiger partial charge in [0.2, 0.25) is 5.13 Å². The Morgan fingerprint density at radius 2 is 1.84 bits per heavy atom. The van der Waals surface area contributed by atoms with Gasteiger partial charge in [0.1, 0.15) is 5.01 Å². The third-order valence-corrected chi connectivity index (χ3v) is 5.41. The molecule has 4 heteroatoms. The van der Waals surface area contributed by atoms with Gasteiger partial charge in [0.05, 0.1) is 0 Å². The van der Waals surface area contributed by atoms with Crippen LogP contribution in [0.25, 0.3) is 0 Å². The average Bonchev–Trinajstić information content (AvgIpc) is 2.84. The summed E-state index contributed by atoms with van der Waals surface area (Å²) in [4.78, 5) is 0. The Morgan fingerprint density at radius 3 is 2.37 bits per heavy atom. The van der Waals surface area contributed by atoms with E-state index in [0.717, 1.165) is 34.9 Å². The summed E-state index contributed by atoms with van der Waals surface area (Å²) in [5.41, 5.74) is 0.480. The molecular formula is C15H27N3S. The van der Waals surface area contributed by atoms with E-state index in [0.29, 0.717) is 5.41 Å². The van der Waals surface area contributed by atoms with E-state index in [-0.39, 0.29) is 0 Å². The van der Waals surface area contributed by atoms with Crippen molar-refractivity contribution in [2.75, 3.05) is 11.9 Å². The van der Waals surface area contributed by atoms with Crippen LogP contribution in [0, 0.1) is 17.3 Å². The number of hydrogen-bond acceptors (Lipinski definition) is 4. The van der Waals surface area contributed by atoms with Crippen molar-refractivity contribution in [3.05, 3.63) is 5.01 Å². The fourth-order valence-corrected chi connectivity index (χ4v) is 3.62. The maximum absolute atomic E-state index is 4.18. The van der Waals surface area contributed by atoms with Gasteiger partial charge < -0.3 is 5.32 Å². The molecule has 0 spiro atoms. The molecule has 0 aliphatic heterocycles. The fourth-order valence-electron chi connectivity index (χ4n) is 2.93. The maximum atomic E-state index is 4.18. The van der Waals surface area contributed by atoms with Crippen molar-refractivity contribution in [1.29, 1.82) is 0 Å². The standard InChI is InChI=1S/C15H27N3S/c1-5-13-17-18-14(19-13)16-10-11-6-8-12(9-7-11)15(2,3)4/h11-12H,5-10H2,1-4H3,(H,16,18). The van der Waals surface area contributed by atoms with Gasteiger partial charge in [-0.05, 0) is 49.4 Å². The Balaban J connectivity index is 1.74. The van der Waals surface area contributed by atoms with Gasteiger partial charge in [-0.3, -0.25) is 0 Å². The Kier molecular flexibility index (Phi) is 4.82. The molecule has 0 atom stereocenters. The van der Waals surface area contributed by atoms with Crippen LogP contribution >= 0.6 is 11.3 Å². The van der Waals surface area contributed by atoms with E-state index < -0.39 is 0 Å². The molecule has 0 aromatic carbocycles. The van der Waals surface area contributed by atoms with Crippen molar-refractivity contribution >= 4 is 16.5 Å². The second-order valence-electron chi connectivity index (χ2n) is 6.82. The van der Waals surface area contributed by atoms with Gasteiger partial charge in [-0.2, -0.15) is 0 Å². The summed E-state index contributed by atoms with van der Waals surface area (Å²) in [5, 5.41) is 13.9. The number of rotatable bonds is 4. The molecule has 1 aromatic heterocycles. The normalized spacial score (nSPS) is 24.4. The quantitative estimate of drug-likeness (QED) is 0.890. The van der Waals surface area contributed by atoms with Gasteiger partial charge in [-0.15, -0.1) is 10.2 Å². The first-order valence-corrected chi connectivity index (χ1v) is 8.37. The Morgan fingerprint density at radius 1 is 1.16 bits per heavy atom. The van der Waals surface area contributed by atoms with Crippen LogP contribution in [0.4, 0.5) is 5.13 Å². The minimum atomic E-state index is 0.480. The van der Waals surface area contributed by atoms with Gasteiger partial charge in [0.25, 0.3) is 0 Å². The highest BCUT2D eigenvalue weighted by Gasteiger charge is 2.29. The van der Waals surface area contributed by atoms with Gasteiger partial charge in [-0.25, -0.2) is 0 Å². The molecule has 2 rings (SSSR count). The van der Waals surface area contributed by atoms with Crippen LogP contribution < -0.4 is 5.32 Å². The van der Waals surface area contributed by atoms with Crippen molar-refractivity contribution in [2.45, 2.75) is 59.8 Å². The highest BCUT2D eigenvalue weighted by Crippen LogP contribution is 2.39. The smallest absolute Gasteiger partial charge is 0.205 e. The van der Waals surface area contributed by atoms with Crippen LogP contribution in [0.1, 0.15) is 58.4 Å². The van der Waals surface area contributed by atoms with Gasteiger partial charge >= 0.3 is 0 Å². The first kappa shape index (κ1) is 14.8.